The number of rotatable bonds is 12. The highest BCUT2D eigenvalue weighted by atomic mass is 19.2. The SMILES string of the molecule is CCOC(=O)N1CCN(C(=O)[C@H](CCC(=O)O)NC(=O)c2cc(OCC(=O)N3CCC[C@H]3C(=O)NC3CCC3)c3cc(F)c(F)cc3n2)CC1. The maximum absolute atomic E-state index is 14.3. The molecule has 1 aromatic carbocycles. The number of pyridine rings is 1. The molecule has 2 atom stereocenters. The molecule has 1 aromatic heterocycles. The largest absolute Gasteiger partial charge is 0.483 e. The average molecular weight is 703 g/mol. The first-order chi connectivity index (χ1) is 23.9. The van der Waals surface area contributed by atoms with Gasteiger partial charge in [-0.3, -0.25) is 24.0 Å². The molecule has 3 fully saturated rings. The molecule has 270 valence electrons. The summed E-state index contributed by atoms with van der Waals surface area (Å²) in [7, 11) is 0. The van der Waals surface area contributed by atoms with Crippen LogP contribution in [-0.2, 0) is 23.9 Å². The Bertz CT molecular complexity index is 1650. The summed E-state index contributed by atoms with van der Waals surface area (Å²) in [5.41, 5.74) is -0.549. The van der Waals surface area contributed by atoms with Crippen molar-refractivity contribution in [3.8, 4) is 5.75 Å². The van der Waals surface area contributed by atoms with Crippen molar-refractivity contribution in [3.63, 3.8) is 0 Å². The molecule has 2 saturated heterocycles. The van der Waals surface area contributed by atoms with E-state index < -0.39 is 66.5 Å². The number of aliphatic carboxylic acids is 1. The summed E-state index contributed by atoms with van der Waals surface area (Å²) in [6, 6.07) is 0.817. The third kappa shape index (κ3) is 8.55. The van der Waals surface area contributed by atoms with Gasteiger partial charge in [0.1, 0.15) is 23.5 Å². The van der Waals surface area contributed by atoms with Crippen LogP contribution in [0.4, 0.5) is 13.6 Å². The van der Waals surface area contributed by atoms with E-state index in [1.54, 1.807) is 6.92 Å². The van der Waals surface area contributed by atoms with Crippen LogP contribution < -0.4 is 15.4 Å². The minimum Gasteiger partial charge on any atom is -0.483 e. The summed E-state index contributed by atoms with van der Waals surface area (Å²) >= 11 is 0. The number of hydrogen-bond acceptors (Lipinski definition) is 9. The number of carbonyl (C=O) groups is 6. The molecule has 2 aromatic rings. The van der Waals surface area contributed by atoms with Gasteiger partial charge in [-0.05, 0) is 51.5 Å². The van der Waals surface area contributed by atoms with Crippen LogP contribution in [-0.4, -0.2) is 125 Å². The van der Waals surface area contributed by atoms with E-state index in [0.29, 0.717) is 19.4 Å². The van der Waals surface area contributed by atoms with Crippen molar-refractivity contribution < 1.29 is 52.1 Å². The van der Waals surface area contributed by atoms with Crippen LogP contribution in [0, 0.1) is 11.6 Å². The summed E-state index contributed by atoms with van der Waals surface area (Å²) in [6.07, 6.45) is 2.66. The van der Waals surface area contributed by atoms with Crippen LogP contribution in [0.1, 0.15) is 62.4 Å². The predicted molar refractivity (Wildman–Crippen MR) is 171 cm³/mol. The Morgan fingerprint density at radius 1 is 0.960 bits per heavy atom. The third-order valence-corrected chi connectivity index (χ3v) is 9.09. The molecule has 1 aliphatic carbocycles. The Balaban J connectivity index is 1.32. The van der Waals surface area contributed by atoms with Crippen LogP contribution in [0.15, 0.2) is 18.2 Å². The number of halogens is 2. The Morgan fingerprint density at radius 2 is 1.66 bits per heavy atom. The number of nitrogens with zero attached hydrogens (tertiary/aromatic N) is 4. The molecule has 3 aliphatic rings. The van der Waals surface area contributed by atoms with E-state index in [0.717, 1.165) is 37.5 Å². The summed E-state index contributed by atoms with van der Waals surface area (Å²) in [5.74, 6) is -6.12. The first-order valence-electron chi connectivity index (χ1n) is 16.7. The standard InChI is InChI=1S/C33H40F2N6O9/c1-2-49-33(48)40-13-11-39(12-14-40)32(47)23(8-9-29(43)44)38-30(45)25-17-27(20-15-21(34)22(35)16-24(20)37-25)50-18-28(42)41-10-4-7-26(41)31(46)36-19-5-3-6-19/h15-17,19,23,26H,2-14,18H2,1H3,(H,36,46)(H,38,45)(H,43,44)/t23-,26-/m0/s1. The zero-order valence-corrected chi connectivity index (χ0v) is 27.6. The van der Waals surface area contributed by atoms with Gasteiger partial charge in [-0.25, -0.2) is 18.6 Å². The number of benzene rings is 1. The number of nitrogens with one attached hydrogen (secondary N) is 2. The average Bonchev–Trinajstić information content (AvgIpc) is 3.58. The number of fused-ring (bicyclic) bond motifs is 1. The van der Waals surface area contributed by atoms with Gasteiger partial charge >= 0.3 is 12.1 Å². The predicted octanol–water partition coefficient (Wildman–Crippen LogP) is 1.82. The number of carboxylic acids is 1. The number of piperazine rings is 1. The fraction of sp³-hybridized carbons (Fsp3) is 0.545. The highest BCUT2D eigenvalue weighted by Gasteiger charge is 2.36. The smallest absolute Gasteiger partial charge is 0.409 e. The van der Waals surface area contributed by atoms with E-state index >= 15 is 0 Å². The molecule has 3 heterocycles. The lowest BCUT2D eigenvalue weighted by molar-refractivity contribution is -0.140. The van der Waals surface area contributed by atoms with E-state index in [-0.39, 0.29) is 73.5 Å². The Hall–Kier alpha value is -5.09. The van der Waals surface area contributed by atoms with E-state index in [2.05, 4.69) is 15.6 Å². The molecule has 3 N–H and O–H groups in total. The highest BCUT2D eigenvalue weighted by Crippen LogP contribution is 2.29. The van der Waals surface area contributed by atoms with Crippen molar-refractivity contribution >= 4 is 46.6 Å². The molecular formula is C33H40F2N6O9. The second-order valence-electron chi connectivity index (χ2n) is 12.4. The molecule has 50 heavy (non-hydrogen) atoms. The van der Waals surface area contributed by atoms with Gasteiger partial charge in [-0.1, -0.05) is 0 Å². The molecule has 5 rings (SSSR count). The van der Waals surface area contributed by atoms with E-state index in [4.69, 9.17) is 9.47 Å². The fourth-order valence-electron chi connectivity index (χ4n) is 6.14. The minimum atomic E-state index is -1.31. The summed E-state index contributed by atoms with van der Waals surface area (Å²) in [5, 5.41) is 14.7. The Labute approximate surface area is 286 Å². The van der Waals surface area contributed by atoms with Crippen LogP contribution in [0.25, 0.3) is 10.9 Å². The number of likely N-dealkylation sites (tertiary alicyclic amines) is 1. The third-order valence-electron chi connectivity index (χ3n) is 9.09. The van der Waals surface area contributed by atoms with Crippen molar-refractivity contribution in [3.05, 3.63) is 35.5 Å². The number of carbonyl (C=O) groups excluding carboxylic acids is 5. The summed E-state index contributed by atoms with van der Waals surface area (Å²) in [4.78, 5) is 84.9. The van der Waals surface area contributed by atoms with Crippen molar-refractivity contribution in [1.82, 2.24) is 30.3 Å². The zero-order chi connectivity index (χ0) is 35.9. The van der Waals surface area contributed by atoms with Crippen LogP contribution in [0.5, 0.6) is 5.75 Å². The molecule has 15 nitrogen and oxygen atoms in total. The summed E-state index contributed by atoms with van der Waals surface area (Å²) < 4.78 is 39.4. The van der Waals surface area contributed by atoms with Crippen molar-refractivity contribution in [2.45, 2.75) is 70.0 Å². The van der Waals surface area contributed by atoms with Gasteiger partial charge in [0.2, 0.25) is 11.8 Å². The molecule has 0 bridgehead atoms. The molecule has 2 aliphatic heterocycles. The molecule has 17 heteroatoms. The van der Waals surface area contributed by atoms with Gasteiger partial charge in [0.05, 0.1) is 12.1 Å². The molecule has 1 saturated carbocycles. The number of amides is 5. The lowest BCUT2D eigenvalue weighted by Gasteiger charge is -2.35. The van der Waals surface area contributed by atoms with E-state index in [9.17, 15) is 42.7 Å². The number of ether oxygens (including phenoxy) is 2. The second-order valence-corrected chi connectivity index (χ2v) is 12.4. The first kappa shape index (κ1) is 36.2. The van der Waals surface area contributed by atoms with Crippen LogP contribution in [0.3, 0.4) is 0 Å². The van der Waals surface area contributed by atoms with Gasteiger partial charge in [-0.15, -0.1) is 0 Å². The van der Waals surface area contributed by atoms with E-state index in [1.807, 2.05) is 0 Å². The maximum atomic E-state index is 14.3. The van der Waals surface area contributed by atoms with Crippen LogP contribution >= 0.6 is 0 Å². The molecule has 0 spiro atoms. The van der Waals surface area contributed by atoms with Gasteiger partial charge in [0, 0.05) is 62.7 Å². The van der Waals surface area contributed by atoms with Gasteiger partial charge in [0.25, 0.3) is 11.8 Å². The van der Waals surface area contributed by atoms with E-state index in [1.165, 1.54) is 14.7 Å². The number of hydrogen-bond donors (Lipinski definition) is 3. The Kier molecular flexibility index (Phi) is 11.6. The van der Waals surface area contributed by atoms with Gasteiger partial charge in [0.15, 0.2) is 18.2 Å². The van der Waals surface area contributed by atoms with Crippen molar-refractivity contribution in [2.24, 2.45) is 0 Å². The van der Waals surface area contributed by atoms with Gasteiger partial charge < -0.3 is 39.9 Å². The van der Waals surface area contributed by atoms with Crippen LogP contribution in [0.2, 0.25) is 0 Å². The van der Waals surface area contributed by atoms with Gasteiger partial charge in [-0.2, -0.15) is 0 Å². The van der Waals surface area contributed by atoms with Crippen molar-refractivity contribution in [2.75, 3.05) is 45.9 Å². The highest BCUT2D eigenvalue weighted by molar-refractivity contribution is 5.99. The Morgan fingerprint density at radius 3 is 2.32 bits per heavy atom. The minimum absolute atomic E-state index is 0.0353. The molecule has 5 amide bonds. The summed E-state index contributed by atoms with van der Waals surface area (Å²) in [6.45, 7) is 2.17. The van der Waals surface area contributed by atoms with Crippen molar-refractivity contribution in [1.29, 1.82) is 0 Å². The first-order valence-corrected chi connectivity index (χ1v) is 16.7. The quantitative estimate of drug-likeness (QED) is 0.295. The number of carboxylic acid groups (broad SMARTS) is 1. The molecular weight excluding hydrogens is 662 g/mol. The maximum Gasteiger partial charge on any atom is 0.409 e. The lowest BCUT2D eigenvalue weighted by atomic mass is 9.93. The normalized spacial score (nSPS) is 18.3. The molecule has 0 radical (unpaired) electrons. The topological polar surface area (TPSA) is 188 Å². The number of aromatic nitrogens is 1. The second kappa shape index (κ2) is 16.1. The lowest BCUT2D eigenvalue weighted by Crippen LogP contribution is -2.56. The zero-order valence-electron chi connectivity index (χ0n) is 27.6. The fourth-order valence-corrected chi connectivity index (χ4v) is 6.14. The monoisotopic (exact) mass is 702 g/mol. The molecule has 0 unspecified atom stereocenters.